The maximum absolute atomic E-state index is 13.0. The topological polar surface area (TPSA) is 76.6 Å². The summed E-state index contributed by atoms with van der Waals surface area (Å²) in [6.45, 7) is 4.40. The van der Waals surface area contributed by atoms with Crippen molar-refractivity contribution < 1.29 is 14.3 Å². The van der Waals surface area contributed by atoms with E-state index in [0.717, 1.165) is 40.3 Å². The number of anilines is 1. The number of hydrogen-bond acceptors (Lipinski definition) is 7. The van der Waals surface area contributed by atoms with E-state index in [-0.39, 0.29) is 5.91 Å². The molecule has 3 heterocycles. The molecule has 1 N–H and O–H groups in total. The van der Waals surface area contributed by atoms with E-state index in [1.165, 1.54) is 37.0 Å². The maximum atomic E-state index is 13.0. The molecule has 0 bridgehead atoms. The van der Waals surface area contributed by atoms with Crippen LogP contribution < -0.4 is 19.7 Å². The second-order valence-electron chi connectivity index (χ2n) is 7.71. The zero-order chi connectivity index (χ0) is 21.8. The lowest BCUT2D eigenvalue weighted by atomic mass is 10.1. The van der Waals surface area contributed by atoms with E-state index in [1.54, 1.807) is 20.5 Å². The number of benzene rings is 1. The number of aryl methyl sites for hydroxylation is 1. The fourth-order valence-corrected chi connectivity index (χ4v) is 5.10. The molecular weight excluding hydrogens is 412 g/mol. The summed E-state index contributed by atoms with van der Waals surface area (Å²) in [7, 11) is 3.20. The lowest BCUT2D eigenvalue weighted by Gasteiger charge is -2.22. The van der Waals surface area contributed by atoms with Crippen LogP contribution >= 0.6 is 11.3 Å². The number of ether oxygens (including phenoxy) is 2. The zero-order valence-corrected chi connectivity index (χ0v) is 19.1. The number of nitrogens with one attached hydrogen (secondary N) is 1. The molecule has 0 radical (unpaired) electrons. The van der Waals surface area contributed by atoms with E-state index in [1.807, 2.05) is 25.1 Å². The Morgan fingerprint density at radius 2 is 1.84 bits per heavy atom. The molecule has 164 valence electrons. The summed E-state index contributed by atoms with van der Waals surface area (Å²) in [6, 6.07) is 5.64. The van der Waals surface area contributed by atoms with E-state index in [2.05, 4.69) is 20.2 Å². The molecule has 1 aromatic carbocycles. The Hall–Kier alpha value is -2.87. The quantitative estimate of drug-likeness (QED) is 0.615. The highest BCUT2D eigenvalue weighted by atomic mass is 32.1. The number of amides is 1. The van der Waals surface area contributed by atoms with Crippen LogP contribution in [0.1, 0.15) is 46.5 Å². The normalized spacial score (nSPS) is 14.4. The second-order valence-corrected chi connectivity index (χ2v) is 8.71. The maximum Gasteiger partial charge on any atom is 0.261 e. The first kappa shape index (κ1) is 21.4. The van der Waals surface area contributed by atoms with E-state index >= 15 is 0 Å². The van der Waals surface area contributed by atoms with E-state index in [9.17, 15) is 4.79 Å². The predicted molar refractivity (Wildman–Crippen MR) is 124 cm³/mol. The Labute approximate surface area is 186 Å². The predicted octanol–water partition coefficient (Wildman–Crippen LogP) is 4.33. The third-order valence-corrected chi connectivity index (χ3v) is 6.92. The largest absolute Gasteiger partial charge is 0.493 e. The van der Waals surface area contributed by atoms with Gasteiger partial charge in [0.25, 0.3) is 5.91 Å². The van der Waals surface area contributed by atoms with Crippen molar-refractivity contribution in [2.75, 3.05) is 32.2 Å². The highest BCUT2D eigenvalue weighted by Gasteiger charge is 2.22. The summed E-state index contributed by atoms with van der Waals surface area (Å²) >= 11 is 1.43. The van der Waals surface area contributed by atoms with Crippen molar-refractivity contribution in [1.82, 2.24) is 15.3 Å². The summed E-state index contributed by atoms with van der Waals surface area (Å²) in [6.07, 6.45) is 6.48. The number of hydrogen-bond donors (Lipinski definition) is 1. The van der Waals surface area contributed by atoms with Gasteiger partial charge in [-0.25, -0.2) is 9.97 Å². The number of aromatic nitrogens is 2. The summed E-state index contributed by atoms with van der Waals surface area (Å²) in [4.78, 5) is 26.0. The molecule has 1 aliphatic rings. The van der Waals surface area contributed by atoms with Crippen molar-refractivity contribution in [3.05, 3.63) is 40.5 Å². The Balaban J connectivity index is 1.56. The zero-order valence-electron chi connectivity index (χ0n) is 18.2. The fourth-order valence-electron chi connectivity index (χ4n) is 4.05. The average Bonchev–Trinajstić information content (AvgIpc) is 2.96. The van der Waals surface area contributed by atoms with Crippen molar-refractivity contribution >= 4 is 33.3 Å². The lowest BCUT2D eigenvalue weighted by molar-refractivity contribution is 0.0954. The van der Waals surface area contributed by atoms with Crippen LogP contribution in [0.25, 0.3) is 10.2 Å². The third-order valence-electron chi connectivity index (χ3n) is 5.72. The van der Waals surface area contributed by atoms with Gasteiger partial charge in [-0.2, -0.15) is 0 Å². The first-order valence-corrected chi connectivity index (χ1v) is 11.4. The van der Waals surface area contributed by atoms with Crippen LogP contribution in [0, 0.1) is 6.92 Å². The van der Waals surface area contributed by atoms with Crippen LogP contribution in [0.4, 0.5) is 5.82 Å². The minimum Gasteiger partial charge on any atom is -0.493 e. The number of carbonyl (C=O) groups excluding carboxylic acids is 1. The molecule has 1 aliphatic heterocycles. The van der Waals surface area contributed by atoms with E-state index < -0.39 is 0 Å². The van der Waals surface area contributed by atoms with Crippen LogP contribution in [-0.2, 0) is 6.54 Å². The molecule has 1 fully saturated rings. The Bertz CT molecular complexity index is 1070. The number of methoxy groups -OCH3 is 2. The highest BCUT2D eigenvalue weighted by Crippen LogP contribution is 2.35. The van der Waals surface area contributed by atoms with Gasteiger partial charge in [0.15, 0.2) is 11.5 Å². The summed E-state index contributed by atoms with van der Waals surface area (Å²) in [5.41, 5.74) is 1.89. The fraction of sp³-hybridized carbons (Fsp3) is 0.435. The first-order chi connectivity index (χ1) is 15.1. The van der Waals surface area contributed by atoms with Crippen molar-refractivity contribution in [3.8, 4) is 11.5 Å². The Kier molecular flexibility index (Phi) is 6.56. The molecule has 0 spiro atoms. The van der Waals surface area contributed by atoms with Gasteiger partial charge in [-0.1, -0.05) is 18.9 Å². The molecule has 31 heavy (non-hydrogen) atoms. The highest BCUT2D eigenvalue weighted by molar-refractivity contribution is 7.20. The molecule has 3 aromatic rings. The van der Waals surface area contributed by atoms with Crippen molar-refractivity contribution in [2.24, 2.45) is 0 Å². The van der Waals surface area contributed by atoms with Gasteiger partial charge in [0.2, 0.25) is 0 Å². The molecule has 4 rings (SSSR count). The molecule has 8 heteroatoms. The Morgan fingerprint density at radius 3 is 2.55 bits per heavy atom. The average molecular weight is 441 g/mol. The van der Waals surface area contributed by atoms with Crippen LogP contribution in [0.15, 0.2) is 24.5 Å². The standard InChI is InChI=1S/C23H28N4O3S/c1-15-19-21(27-10-6-4-5-7-11-27)25-14-26-23(19)31-20(15)22(28)24-13-16-8-9-17(29-2)18(12-16)30-3/h8-9,12,14H,4-7,10-11,13H2,1-3H3,(H,24,28). The molecule has 7 nitrogen and oxygen atoms in total. The summed E-state index contributed by atoms with van der Waals surface area (Å²) in [5, 5.41) is 4.03. The summed E-state index contributed by atoms with van der Waals surface area (Å²) < 4.78 is 10.6. The number of nitrogens with zero attached hydrogens (tertiary/aromatic N) is 3. The van der Waals surface area contributed by atoms with Crippen LogP contribution in [-0.4, -0.2) is 43.2 Å². The van der Waals surface area contributed by atoms with Gasteiger partial charge >= 0.3 is 0 Å². The van der Waals surface area contributed by atoms with Gasteiger partial charge < -0.3 is 19.7 Å². The van der Waals surface area contributed by atoms with Gasteiger partial charge in [-0.3, -0.25) is 4.79 Å². The van der Waals surface area contributed by atoms with Gasteiger partial charge in [0, 0.05) is 19.6 Å². The minimum absolute atomic E-state index is 0.0999. The van der Waals surface area contributed by atoms with Crippen molar-refractivity contribution in [3.63, 3.8) is 0 Å². The monoisotopic (exact) mass is 440 g/mol. The van der Waals surface area contributed by atoms with Crippen molar-refractivity contribution in [1.29, 1.82) is 0 Å². The van der Waals surface area contributed by atoms with Gasteiger partial charge in [-0.05, 0) is 43.0 Å². The SMILES string of the molecule is COc1ccc(CNC(=O)c2sc3ncnc(N4CCCCCC4)c3c2C)cc1OC. The number of rotatable bonds is 6. The molecule has 1 amide bonds. The molecule has 0 unspecified atom stereocenters. The van der Waals surface area contributed by atoms with Gasteiger partial charge in [-0.15, -0.1) is 11.3 Å². The molecule has 2 aromatic heterocycles. The number of fused-ring (bicyclic) bond motifs is 1. The van der Waals surface area contributed by atoms with Crippen LogP contribution in [0.5, 0.6) is 11.5 Å². The molecule has 0 saturated carbocycles. The van der Waals surface area contributed by atoms with Crippen LogP contribution in [0.2, 0.25) is 0 Å². The second kappa shape index (κ2) is 9.51. The first-order valence-electron chi connectivity index (χ1n) is 10.6. The van der Waals surface area contributed by atoms with Gasteiger partial charge in [0.1, 0.15) is 17.0 Å². The summed E-state index contributed by atoms with van der Waals surface area (Å²) in [5.74, 6) is 2.17. The van der Waals surface area contributed by atoms with E-state index in [0.29, 0.717) is 22.9 Å². The minimum atomic E-state index is -0.0999. The molecule has 1 saturated heterocycles. The van der Waals surface area contributed by atoms with Crippen LogP contribution in [0.3, 0.4) is 0 Å². The number of carbonyl (C=O) groups is 1. The smallest absolute Gasteiger partial charge is 0.261 e. The molecule has 0 atom stereocenters. The van der Waals surface area contributed by atoms with Gasteiger partial charge in [0.05, 0.1) is 24.5 Å². The van der Waals surface area contributed by atoms with Crippen molar-refractivity contribution in [2.45, 2.75) is 39.2 Å². The van der Waals surface area contributed by atoms with E-state index in [4.69, 9.17) is 9.47 Å². The molecule has 0 aliphatic carbocycles. The number of thiophene rings is 1. The lowest BCUT2D eigenvalue weighted by Crippen LogP contribution is -2.25. The third kappa shape index (κ3) is 4.44. The molecular formula is C23H28N4O3S. The Morgan fingerprint density at radius 1 is 1.10 bits per heavy atom.